The second kappa shape index (κ2) is 8.55. The molecule has 0 aliphatic rings. The molecule has 0 aliphatic heterocycles. The Bertz CT molecular complexity index is 345. The molecule has 19 heavy (non-hydrogen) atoms. The molecule has 0 atom stereocenters. The molecule has 2 nitrogen and oxygen atoms in total. The van der Waals surface area contributed by atoms with Crippen molar-refractivity contribution in [1.29, 1.82) is 0 Å². The second-order valence-electron chi connectivity index (χ2n) is 4.12. The third-order valence-electron chi connectivity index (χ3n) is 2.47. The Labute approximate surface area is 119 Å². The second-order valence-corrected chi connectivity index (χ2v) is 4.91. The predicted octanol–water partition coefficient (Wildman–Crippen LogP) is 3.46. The normalized spacial score (nSPS) is 12.1. The largest absolute Gasteiger partial charge is 0.411 e. The van der Waals surface area contributed by atoms with Crippen LogP contribution in [0.25, 0.3) is 0 Å². The number of benzene rings is 1. The van der Waals surface area contributed by atoms with Gasteiger partial charge in [-0.1, -0.05) is 46.3 Å². The molecule has 0 spiro atoms. The summed E-state index contributed by atoms with van der Waals surface area (Å²) < 4.78 is 40.4. The number of hydrogen-bond donors (Lipinski definition) is 0. The average molecular weight is 340 g/mol. The highest BCUT2D eigenvalue weighted by molar-refractivity contribution is 9.09. The summed E-state index contributed by atoms with van der Waals surface area (Å²) in [6.07, 6.45) is -4.25. The van der Waals surface area contributed by atoms with Crippen LogP contribution in [0.3, 0.4) is 0 Å². The fraction of sp³-hybridized carbons (Fsp3) is 0.538. The molecule has 0 saturated heterocycles. The maximum atomic E-state index is 11.9. The zero-order valence-electron chi connectivity index (χ0n) is 10.5. The highest BCUT2D eigenvalue weighted by Gasteiger charge is 2.27. The minimum absolute atomic E-state index is 0.0827. The Hall–Kier alpha value is -0.590. The Morgan fingerprint density at radius 2 is 1.79 bits per heavy atom. The van der Waals surface area contributed by atoms with Crippen molar-refractivity contribution in [2.24, 2.45) is 0 Å². The van der Waals surface area contributed by atoms with Crippen molar-refractivity contribution in [3.63, 3.8) is 0 Å². The van der Waals surface area contributed by atoms with E-state index in [0.717, 1.165) is 17.4 Å². The monoisotopic (exact) mass is 339 g/mol. The number of halogens is 4. The zero-order valence-corrected chi connectivity index (χ0v) is 12.1. The molecular formula is C13H17BrF3NO. The Balaban J connectivity index is 2.32. The first kappa shape index (κ1) is 16.5. The predicted molar refractivity (Wildman–Crippen MR) is 72.4 cm³/mol. The number of nitrogens with zero attached hydrogens (tertiary/aromatic N) is 1. The molecule has 1 aromatic rings. The van der Waals surface area contributed by atoms with Gasteiger partial charge in [0.25, 0.3) is 0 Å². The number of hydrogen-bond acceptors (Lipinski definition) is 2. The summed E-state index contributed by atoms with van der Waals surface area (Å²) >= 11 is 3.34. The van der Waals surface area contributed by atoms with Crippen LogP contribution in [0.15, 0.2) is 30.3 Å². The third-order valence-corrected chi connectivity index (χ3v) is 2.82. The lowest BCUT2D eigenvalue weighted by Crippen LogP contribution is -2.30. The molecule has 0 aromatic heterocycles. The topological polar surface area (TPSA) is 12.5 Å². The van der Waals surface area contributed by atoms with Crippen LogP contribution in [0.5, 0.6) is 0 Å². The lowest BCUT2D eigenvalue weighted by Gasteiger charge is -2.21. The summed E-state index contributed by atoms with van der Waals surface area (Å²) in [5.41, 5.74) is 1.14. The van der Waals surface area contributed by atoms with Crippen molar-refractivity contribution in [2.45, 2.75) is 12.7 Å². The van der Waals surface area contributed by atoms with Crippen LogP contribution in [0.2, 0.25) is 0 Å². The van der Waals surface area contributed by atoms with Crippen molar-refractivity contribution in [1.82, 2.24) is 4.90 Å². The van der Waals surface area contributed by atoms with E-state index in [4.69, 9.17) is 0 Å². The van der Waals surface area contributed by atoms with Gasteiger partial charge in [-0.2, -0.15) is 13.2 Å². The summed E-state index contributed by atoms with van der Waals surface area (Å²) in [7, 11) is 0. The smallest absolute Gasteiger partial charge is 0.371 e. The van der Waals surface area contributed by atoms with Crippen molar-refractivity contribution in [3.05, 3.63) is 35.9 Å². The van der Waals surface area contributed by atoms with Crippen LogP contribution in [-0.2, 0) is 11.3 Å². The Morgan fingerprint density at radius 1 is 1.11 bits per heavy atom. The van der Waals surface area contributed by atoms with Crippen molar-refractivity contribution >= 4 is 15.9 Å². The van der Waals surface area contributed by atoms with Crippen molar-refractivity contribution in [2.75, 3.05) is 31.6 Å². The number of alkyl halides is 4. The summed E-state index contributed by atoms with van der Waals surface area (Å²) in [6.45, 7) is 0.864. The lowest BCUT2D eigenvalue weighted by atomic mass is 10.2. The van der Waals surface area contributed by atoms with Gasteiger partial charge in [0, 0.05) is 25.0 Å². The van der Waals surface area contributed by atoms with Gasteiger partial charge in [0.05, 0.1) is 6.61 Å². The number of ether oxygens (including phenoxy) is 1. The molecule has 0 amide bonds. The maximum absolute atomic E-state index is 11.9. The van der Waals surface area contributed by atoms with Gasteiger partial charge in [-0.3, -0.25) is 4.90 Å². The van der Waals surface area contributed by atoms with E-state index < -0.39 is 12.8 Å². The van der Waals surface area contributed by atoms with E-state index in [2.05, 4.69) is 25.6 Å². The van der Waals surface area contributed by atoms with Crippen LogP contribution in [0.1, 0.15) is 5.56 Å². The van der Waals surface area contributed by atoms with Crippen LogP contribution in [-0.4, -0.2) is 42.7 Å². The molecular weight excluding hydrogens is 323 g/mol. The van der Waals surface area contributed by atoms with E-state index in [1.807, 2.05) is 30.3 Å². The van der Waals surface area contributed by atoms with Gasteiger partial charge in [0.2, 0.25) is 0 Å². The average Bonchev–Trinajstić information content (AvgIpc) is 2.35. The molecule has 0 heterocycles. The van der Waals surface area contributed by atoms with Crippen LogP contribution in [0, 0.1) is 0 Å². The molecule has 1 aromatic carbocycles. The highest BCUT2D eigenvalue weighted by atomic mass is 79.9. The summed E-state index contributed by atoms with van der Waals surface area (Å²) in [6, 6.07) is 9.82. The van der Waals surface area contributed by atoms with Crippen molar-refractivity contribution in [3.8, 4) is 0 Å². The van der Waals surface area contributed by atoms with Crippen LogP contribution in [0.4, 0.5) is 13.2 Å². The van der Waals surface area contributed by atoms with Gasteiger partial charge in [0.15, 0.2) is 0 Å². The van der Waals surface area contributed by atoms with Gasteiger partial charge >= 0.3 is 6.18 Å². The molecule has 0 radical (unpaired) electrons. The third kappa shape index (κ3) is 8.23. The molecule has 1 rings (SSSR count). The molecule has 0 fully saturated rings. The standard InChI is InChI=1S/C13H17BrF3NO/c14-6-7-18(8-9-19-11-13(15,16)17)10-12-4-2-1-3-5-12/h1-5H,6-11H2. The molecule has 6 heteroatoms. The Kier molecular flexibility index (Phi) is 7.41. The first-order valence-corrected chi connectivity index (χ1v) is 7.10. The molecule has 0 unspecified atom stereocenters. The summed E-state index contributed by atoms with van der Waals surface area (Å²) in [5.74, 6) is 0. The quantitative estimate of drug-likeness (QED) is 0.531. The number of rotatable bonds is 8. The highest BCUT2D eigenvalue weighted by Crippen LogP contribution is 2.14. The molecule has 0 aliphatic carbocycles. The van der Waals surface area contributed by atoms with E-state index in [1.165, 1.54) is 0 Å². The van der Waals surface area contributed by atoms with E-state index in [0.29, 0.717) is 13.1 Å². The molecule has 0 saturated carbocycles. The van der Waals surface area contributed by atoms with Gasteiger partial charge in [-0.05, 0) is 5.56 Å². The van der Waals surface area contributed by atoms with Gasteiger partial charge in [-0.25, -0.2) is 0 Å². The maximum Gasteiger partial charge on any atom is 0.411 e. The van der Waals surface area contributed by atoms with E-state index >= 15 is 0 Å². The minimum atomic E-state index is -4.25. The van der Waals surface area contributed by atoms with Crippen LogP contribution < -0.4 is 0 Å². The summed E-state index contributed by atoms with van der Waals surface area (Å²) in [4.78, 5) is 2.06. The van der Waals surface area contributed by atoms with Gasteiger partial charge in [-0.15, -0.1) is 0 Å². The molecule has 108 valence electrons. The first-order chi connectivity index (χ1) is 9.01. The van der Waals surface area contributed by atoms with Gasteiger partial charge < -0.3 is 4.74 Å². The van der Waals surface area contributed by atoms with Crippen LogP contribution >= 0.6 is 15.9 Å². The van der Waals surface area contributed by atoms with E-state index in [9.17, 15) is 13.2 Å². The molecule has 0 N–H and O–H groups in total. The minimum Gasteiger partial charge on any atom is -0.371 e. The first-order valence-electron chi connectivity index (χ1n) is 5.98. The lowest BCUT2D eigenvalue weighted by molar-refractivity contribution is -0.174. The Morgan fingerprint density at radius 3 is 2.37 bits per heavy atom. The van der Waals surface area contributed by atoms with Gasteiger partial charge in [0.1, 0.15) is 6.61 Å². The fourth-order valence-electron chi connectivity index (χ4n) is 1.61. The molecule has 0 bridgehead atoms. The van der Waals surface area contributed by atoms with E-state index in [1.54, 1.807) is 0 Å². The van der Waals surface area contributed by atoms with Crippen molar-refractivity contribution < 1.29 is 17.9 Å². The summed E-state index contributed by atoms with van der Waals surface area (Å²) in [5, 5.41) is 0.777. The fourth-order valence-corrected chi connectivity index (χ4v) is 2.11. The van der Waals surface area contributed by atoms with E-state index in [-0.39, 0.29) is 6.61 Å². The SMILES string of the molecule is FC(F)(F)COCCN(CCBr)Cc1ccccc1. The zero-order chi connectivity index (χ0) is 14.1.